The number of hydrogen-bond donors (Lipinski definition) is 0. The van der Waals surface area contributed by atoms with Gasteiger partial charge in [-0.25, -0.2) is 0 Å². The van der Waals surface area contributed by atoms with Crippen LogP contribution in [0, 0.1) is 12.8 Å². The Morgan fingerprint density at radius 1 is 1.28 bits per heavy atom. The average Bonchev–Trinajstić information content (AvgIpc) is 2.39. The standard InChI is InChI=1S/C16H25ClO/c1-5-7-8-13(6-2)16(17)14-11-12(3)9-10-15(14)18-4/h9-11,13,16H,5-8H2,1-4H3. The molecule has 0 aliphatic carbocycles. The van der Waals surface area contributed by atoms with E-state index in [0.29, 0.717) is 5.92 Å². The van der Waals surface area contributed by atoms with Crippen molar-refractivity contribution in [2.75, 3.05) is 7.11 Å². The molecule has 1 nitrogen and oxygen atoms in total. The first-order valence-corrected chi connectivity index (χ1v) is 7.36. The molecular weight excluding hydrogens is 244 g/mol. The molecule has 2 unspecified atom stereocenters. The Kier molecular flexibility index (Phi) is 6.56. The summed E-state index contributed by atoms with van der Waals surface area (Å²) in [6.07, 6.45) is 4.78. The Morgan fingerprint density at radius 3 is 2.56 bits per heavy atom. The number of ether oxygens (including phenoxy) is 1. The minimum Gasteiger partial charge on any atom is -0.496 e. The number of benzene rings is 1. The molecule has 0 aliphatic heterocycles. The lowest BCUT2D eigenvalue weighted by Crippen LogP contribution is -2.09. The molecule has 102 valence electrons. The van der Waals surface area contributed by atoms with Gasteiger partial charge in [0.2, 0.25) is 0 Å². The highest BCUT2D eigenvalue weighted by molar-refractivity contribution is 6.21. The van der Waals surface area contributed by atoms with Gasteiger partial charge in [0.15, 0.2) is 0 Å². The van der Waals surface area contributed by atoms with Gasteiger partial charge in [0, 0.05) is 5.56 Å². The summed E-state index contributed by atoms with van der Waals surface area (Å²) in [5, 5.41) is 0.0522. The first-order valence-electron chi connectivity index (χ1n) is 6.92. The number of aryl methyl sites for hydroxylation is 1. The maximum atomic E-state index is 6.68. The molecule has 1 aromatic carbocycles. The van der Waals surface area contributed by atoms with Crippen molar-refractivity contribution in [3.05, 3.63) is 29.3 Å². The van der Waals surface area contributed by atoms with Crippen molar-refractivity contribution in [1.29, 1.82) is 0 Å². The first kappa shape index (κ1) is 15.4. The van der Waals surface area contributed by atoms with Crippen LogP contribution in [-0.4, -0.2) is 7.11 Å². The Labute approximate surface area is 116 Å². The van der Waals surface area contributed by atoms with E-state index < -0.39 is 0 Å². The van der Waals surface area contributed by atoms with Crippen LogP contribution in [0.25, 0.3) is 0 Å². The largest absolute Gasteiger partial charge is 0.496 e. The molecule has 2 atom stereocenters. The molecule has 0 radical (unpaired) electrons. The minimum absolute atomic E-state index is 0.0522. The molecule has 0 fully saturated rings. The summed E-state index contributed by atoms with van der Waals surface area (Å²) in [7, 11) is 1.71. The Balaban J connectivity index is 2.92. The second kappa shape index (κ2) is 7.68. The number of alkyl halides is 1. The Morgan fingerprint density at radius 2 is 2.00 bits per heavy atom. The molecule has 1 aromatic rings. The third-order valence-electron chi connectivity index (χ3n) is 3.55. The van der Waals surface area contributed by atoms with Gasteiger partial charge in [-0.05, 0) is 25.3 Å². The summed E-state index contributed by atoms with van der Waals surface area (Å²) in [6, 6.07) is 6.25. The molecule has 0 bridgehead atoms. The van der Waals surface area contributed by atoms with Crippen LogP contribution < -0.4 is 4.74 Å². The predicted octanol–water partition coefficient (Wildman–Crippen LogP) is 5.50. The average molecular weight is 269 g/mol. The van der Waals surface area contributed by atoms with Crippen molar-refractivity contribution in [2.24, 2.45) is 5.92 Å². The fourth-order valence-electron chi connectivity index (χ4n) is 2.35. The Bertz CT molecular complexity index is 362. The van der Waals surface area contributed by atoms with E-state index in [9.17, 15) is 0 Å². The van der Waals surface area contributed by atoms with Gasteiger partial charge < -0.3 is 4.74 Å². The number of halogens is 1. The van der Waals surface area contributed by atoms with E-state index in [4.69, 9.17) is 16.3 Å². The molecule has 2 heteroatoms. The van der Waals surface area contributed by atoms with Crippen molar-refractivity contribution in [2.45, 2.75) is 51.8 Å². The normalized spacial score (nSPS) is 14.3. The first-order chi connectivity index (χ1) is 8.63. The van der Waals surface area contributed by atoms with Crippen LogP contribution >= 0.6 is 11.6 Å². The summed E-state index contributed by atoms with van der Waals surface area (Å²) < 4.78 is 5.44. The van der Waals surface area contributed by atoms with E-state index >= 15 is 0 Å². The van der Waals surface area contributed by atoms with E-state index in [1.807, 2.05) is 6.07 Å². The van der Waals surface area contributed by atoms with Crippen molar-refractivity contribution < 1.29 is 4.74 Å². The van der Waals surface area contributed by atoms with Crippen LogP contribution in [0.15, 0.2) is 18.2 Å². The second-order valence-corrected chi connectivity index (χ2v) is 5.43. The molecular formula is C16H25ClO. The highest BCUT2D eigenvalue weighted by Crippen LogP contribution is 2.39. The van der Waals surface area contributed by atoms with E-state index in [0.717, 1.165) is 17.7 Å². The molecule has 0 N–H and O–H groups in total. The highest BCUT2D eigenvalue weighted by atomic mass is 35.5. The topological polar surface area (TPSA) is 9.23 Å². The summed E-state index contributed by atoms with van der Waals surface area (Å²) in [5.74, 6) is 1.44. The van der Waals surface area contributed by atoms with Gasteiger partial charge in [0.05, 0.1) is 12.5 Å². The minimum atomic E-state index is 0.0522. The molecule has 0 saturated heterocycles. The smallest absolute Gasteiger partial charge is 0.123 e. The summed E-state index contributed by atoms with van der Waals surface area (Å²) in [4.78, 5) is 0. The lowest BCUT2D eigenvalue weighted by Gasteiger charge is -2.23. The number of methoxy groups -OCH3 is 1. The lowest BCUT2D eigenvalue weighted by molar-refractivity contribution is 0.391. The Hall–Kier alpha value is -0.690. The number of rotatable bonds is 7. The SMILES string of the molecule is CCCCC(CC)C(Cl)c1cc(C)ccc1OC. The van der Waals surface area contributed by atoms with Gasteiger partial charge >= 0.3 is 0 Å². The van der Waals surface area contributed by atoms with Crippen LogP contribution in [0.3, 0.4) is 0 Å². The van der Waals surface area contributed by atoms with Crippen LogP contribution in [0.4, 0.5) is 0 Å². The van der Waals surface area contributed by atoms with Gasteiger partial charge in [-0.3, -0.25) is 0 Å². The molecule has 18 heavy (non-hydrogen) atoms. The molecule has 0 saturated carbocycles. The fraction of sp³-hybridized carbons (Fsp3) is 0.625. The molecule has 0 aliphatic rings. The predicted molar refractivity (Wildman–Crippen MR) is 79.6 cm³/mol. The van der Waals surface area contributed by atoms with Crippen molar-refractivity contribution in [3.8, 4) is 5.75 Å². The third kappa shape index (κ3) is 3.91. The monoisotopic (exact) mass is 268 g/mol. The molecule has 0 amide bonds. The van der Waals surface area contributed by atoms with E-state index in [1.54, 1.807) is 7.11 Å². The number of hydrogen-bond acceptors (Lipinski definition) is 1. The maximum Gasteiger partial charge on any atom is 0.123 e. The van der Waals surface area contributed by atoms with Crippen LogP contribution in [0.5, 0.6) is 5.75 Å². The third-order valence-corrected chi connectivity index (χ3v) is 4.14. The zero-order chi connectivity index (χ0) is 13.5. The summed E-state index contributed by atoms with van der Waals surface area (Å²) in [6.45, 7) is 6.54. The van der Waals surface area contributed by atoms with E-state index in [1.165, 1.54) is 24.8 Å². The summed E-state index contributed by atoms with van der Waals surface area (Å²) >= 11 is 6.68. The summed E-state index contributed by atoms with van der Waals surface area (Å²) in [5.41, 5.74) is 2.38. The van der Waals surface area contributed by atoms with Crippen LogP contribution in [0.2, 0.25) is 0 Å². The molecule has 0 spiro atoms. The van der Waals surface area contributed by atoms with Gasteiger partial charge in [-0.2, -0.15) is 0 Å². The van der Waals surface area contributed by atoms with Gasteiger partial charge in [-0.15, -0.1) is 11.6 Å². The van der Waals surface area contributed by atoms with Gasteiger partial charge in [0.25, 0.3) is 0 Å². The quantitative estimate of drug-likeness (QED) is 0.593. The number of unbranched alkanes of at least 4 members (excludes halogenated alkanes) is 1. The highest BCUT2D eigenvalue weighted by Gasteiger charge is 2.22. The lowest BCUT2D eigenvalue weighted by atomic mass is 9.90. The van der Waals surface area contributed by atoms with Crippen LogP contribution in [0.1, 0.15) is 56.0 Å². The van der Waals surface area contributed by atoms with E-state index in [-0.39, 0.29) is 5.38 Å². The molecule has 0 aromatic heterocycles. The van der Waals surface area contributed by atoms with Crippen molar-refractivity contribution >= 4 is 11.6 Å². The second-order valence-electron chi connectivity index (χ2n) is 4.96. The van der Waals surface area contributed by atoms with Gasteiger partial charge in [-0.1, -0.05) is 50.8 Å². The van der Waals surface area contributed by atoms with Gasteiger partial charge in [0.1, 0.15) is 5.75 Å². The fourth-order valence-corrected chi connectivity index (χ4v) is 2.82. The van der Waals surface area contributed by atoms with E-state index in [2.05, 4.69) is 32.9 Å². The van der Waals surface area contributed by atoms with Crippen molar-refractivity contribution in [3.63, 3.8) is 0 Å². The maximum absolute atomic E-state index is 6.68. The van der Waals surface area contributed by atoms with Crippen molar-refractivity contribution in [1.82, 2.24) is 0 Å². The molecule has 1 rings (SSSR count). The zero-order valence-electron chi connectivity index (χ0n) is 12.0. The zero-order valence-corrected chi connectivity index (χ0v) is 12.8. The molecule has 0 heterocycles. The van der Waals surface area contributed by atoms with Crippen LogP contribution in [-0.2, 0) is 0 Å².